The van der Waals surface area contributed by atoms with Gasteiger partial charge in [0.15, 0.2) is 5.78 Å². The second kappa shape index (κ2) is 13.3. The predicted octanol–water partition coefficient (Wildman–Crippen LogP) is 9.23. The van der Waals surface area contributed by atoms with Crippen molar-refractivity contribution in [1.29, 1.82) is 0 Å². The molecule has 210 valence electrons. The van der Waals surface area contributed by atoms with Crippen LogP contribution in [0.2, 0.25) is 0 Å². The van der Waals surface area contributed by atoms with Crippen LogP contribution in [0.3, 0.4) is 0 Å². The fourth-order valence-electron chi connectivity index (χ4n) is 9.43. The molecule has 4 aliphatic rings. The molecule has 3 heteroatoms. The van der Waals surface area contributed by atoms with Gasteiger partial charge in [-0.3, -0.25) is 9.59 Å². The molecular weight excluding hydrogens is 456 g/mol. The maximum Gasteiger partial charge on any atom is 0.306 e. The van der Waals surface area contributed by atoms with Gasteiger partial charge in [-0.1, -0.05) is 97.5 Å². The molecule has 3 nitrogen and oxygen atoms in total. The average Bonchev–Trinajstić information content (AvgIpc) is 3.17. The van der Waals surface area contributed by atoms with Gasteiger partial charge in [0.25, 0.3) is 0 Å². The molecule has 0 bridgehead atoms. The topological polar surface area (TPSA) is 43.4 Å². The Morgan fingerprint density at radius 3 is 2.22 bits per heavy atom. The molecule has 3 saturated carbocycles. The van der Waals surface area contributed by atoms with Crippen LogP contribution in [0.15, 0.2) is 11.6 Å². The number of fused-ring (bicyclic) bond motifs is 5. The Hall–Kier alpha value is -1.12. The van der Waals surface area contributed by atoms with E-state index in [1.165, 1.54) is 76.2 Å². The van der Waals surface area contributed by atoms with E-state index >= 15 is 0 Å². The Balaban J connectivity index is 1.21. The number of carbonyl (C=O) groups excluding carboxylic acids is 2. The number of hydrogen-bond donors (Lipinski definition) is 0. The van der Waals surface area contributed by atoms with Gasteiger partial charge in [-0.15, -0.1) is 0 Å². The molecule has 0 unspecified atom stereocenters. The number of carbonyl (C=O) groups is 2. The summed E-state index contributed by atoms with van der Waals surface area (Å²) in [4.78, 5) is 25.0. The summed E-state index contributed by atoms with van der Waals surface area (Å²) in [5, 5.41) is 0. The van der Waals surface area contributed by atoms with Crippen LogP contribution in [0.4, 0.5) is 0 Å². The van der Waals surface area contributed by atoms with Gasteiger partial charge in [-0.25, -0.2) is 0 Å². The molecule has 37 heavy (non-hydrogen) atoms. The van der Waals surface area contributed by atoms with Crippen LogP contribution in [-0.4, -0.2) is 17.9 Å². The van der Waals surface area contributed by atoms with E-state index in [9.17, 15) is 9.59 Å². The predicted molar refractivity (Wildman–Crippen MR) is 152 cm³/mol. The van der Waals surface area contributed by atoms with Crippen LogP contribution >= 0.6 is 0 Å². The lowest BCUT2D eigenvalue weighted by Gasteiger charge is -2.58. The van der Waals surface area contributed by atoms with Crippen molar-refractivity contribution in [1.82, 2.24) is 0 Å². The van der Waals surface area contributed by atoms with E-state index in [0.717, 1.165) is 38.5 Å². The summed E-state index contributed by atoms with van der Waals surface area (Å²) in [7, 11) is 0. The molecule has 4 aliphatic carbocycles. The van der Waals surface area contributed by atoms with Crippen molar-refractivity contribution in [2.45, 2.75) is 149 Å². The third-order valence-electron chi connectivity index (χ3n) is 11.1. The van der Waals surface area contributed by atoms with Crippen molar-refractivity contribution in [3.05, 3.63) is 11.6 Å². The summed E-state index contributed by atoms with van der Waals surface area (Å²) in [5.41, 5.74) is 1.57. The lowest BCUT2D eigenvalue weighted by Crippen LogP contribution is -2.54. The standard InChI is InChI=1S/C34H56O3/c1-5-6-7-8-9-10-11-12-13-14-15-16-31(36)37-30-20-19-29-33-24(2)21-26-22-27(35)17-18-28(26)32(33)25(3)23-34(29,30)4/h22,24-25,28-30,32-33H,5-21,23H2,1-4H3/t24-,25+,28+,29+,30+,32-,33+,34+/m1/s1. The molecule has 0 radical (unpaired) electrons. The minimum atomic E-state index is 0.0466. The van der Waals surface area contributed by atoms with Crippen molar-refractivity contribution in [3.8, 4) is 0 Å². The average molecular weight is 513 g/mol. The van der Waals surface area contributed by atoms with Crippen molar-refractivity contribution >= 4 is 11.8 Å². The molecule has 0 aromatic heterocycles. The summed E-state index contributed by atoms with van der Waals surface area (Å²) in [6, 6.07) is 0. The molecule has 0 saturated heterocycles. The number of esters is 1. The SMILES string of the molecule is CCCCCCCCCCCCCC(=O)O[C@H]1CC[C@H]2[C@H]3[C@H]([C@@H](C)C[C@]12C)[C@H]1CCC(=O)C=C1C[C@H]3C. The number of ketones is 1. The Labute approximate surface area is 228 Å². The van der Waals surface area contributed by atoms with E-state index in [0.29, 0.717) is 47.7 Å². The van der Waals surface area contributed by atoms with Gasteiger partial charge < -0.3 is 4.74 Å². The normalized spacial score (nSPS) is 36.9. The van der Waals surface area contributed by atoms with E-state index in [2.05, 4.69) is 27.7 Å². The highest BCUT2D eigenvalue weighted by Crippen LogP contribution is 2.65. The number of hydrogen-bond acceptors (Lipinski definition) is 3. The summed E-state index contributed by atoms with van der Waals surface area (Å²) < 4.78 is 6.26. The first-order valence-electron chi connectivity index (χ1n) is 16.3. The highest BCUT2D eigenvalue weighted by Gasteiger charge is 2.60. The molecule has 0 amide bonds. The van der Waals surface area contributed by atoms with Gasteiger partial charge in [-0.2, -0.15) is 0 Å². The van der Waals surface area contributed by atoms with Gasteiger partial charge in [0, 0.05) is 18.3 Å². The molecule has 0 aromatic carbocycles. The zero-order valence-electron chi connectivity index (χ0n) is 24.6. The van der Waals surface area contributed by atoms with Crippen LogP contribution in [0.25, 0.3) is 0 Å². The first-order chi connectivity index (χ1) is 17.8. The molecule has 0 spiro atoms. The van der Waals surface area contributed by atoms with Crippen LogP contribution in [0.1, 0.15) is 143 Å². The quantitative estimate of drug-likeness (QED) is 0.182. The third kappa shape index (κ3) is 6.73. The van der Waals surface area contributed by atoms with Crippen LogP contribution in [-0.2, 0) is 14.3 Å². The van der Waals surface area contributed by atoms with E-state index in [1.807, 2.05) is 6.08 Å². The highest BCUT2D eigenvalue weighted by molar-refractivity contribution is 5.91. The molecule has 3 fully saturated rings. The molecule has 0 heterocycles. The lowest BCUT2D eigenvalue weighted by molar-refractivity contribution is -0.162. The monoisotopic (exact) mass is 512 g/mol. The van der Waals surface area contributed by atoms with Crippen molar-refractivity contribution in [2.24, 2.45) is 40.9 Å². The van der Waals surface area contributed by atoms with E-state index in [1.54, 1.807) is 0 Å². The fraction of sp³-hybridized carbons (Fsp3) is 0.882. The Kier molecular flexibility index (Phi) is 10.4. The summed E-state index contributed by atoms with van der Waals surface area (Å²) in [6.07, 6.45) is 23.4. The second-order valence-corrected chi connectivity index (χ2v) is 13.8. The van der Waals surface area contributed by atoms with Gasteiger partial charge in [0.05, 0.1) is 0 Å². The van der Waals surface area contributed by atoms with Crippen molar-refractivity contribution in [3.63, 3.8) is 0 Å². The van der Waals surface area contributed by atoms with Gasteiger partial charge in [0.2, 0.25) is 0 Å². The third-order valence-corrected chi connectivity index (χ3v) is 11.1. The van der Waals surface area contributed by atoms with Gasteiger partial charge in [0.1, 0.15) is 6.10 Å². The van der Waals surface area contributed by atoms with Crippen molar-refractivity contribution in [2.75, 3.05) is 0 Å². The van der Waals surface area contributed by atoms with Gasteiger partial charge >= 0.3 is 5.97 Å². The zero-order chi connectivity index (χ0) is 26.4. The second-order valence-electron chi connectivity index (χ2n) is 13.8. The van der Waals surface area contributed by atoms with E-state index < -0.39 is 0 Å². The van der Waals surface area contributed by atoms with Crippen molar-refractivity contribution < 1.29 is 14.3 Å². The summed E-state index contributed by atoms with van der Waals surface area (Å²) in [5.74, 6) is 4.31. The number of allylic oxidation sites excluding steroid dienone is 1. The van der Waals surface area contributed by atoms with E-state index in [4.69, 9.17) is 4.74 Å². The Morgan fingerprint density at radius 1 is 0.892 bits per heavy atom. The molecule has 8 atom stereocenters. The van der Waals surface area contributed by atoms with E-state index in [-0.39, 0.29) is 17.5 Å². The lowest BCUT2D eigenvalue weighted by atomic mass is 9.47. The largest absolute Gasteiger partial charge is 0.462 e. The number of rotatable bonds is 13. The minimum Gasteiger partial charge on any atom is -0.462 e. The molecule has 0 aliphatic heterocycles. The Morgan fingerprint density at radius 2 is 1.54 bits per heavy atom. The number of unbranched alkanes of at least 4 members (excludes halogenated alkanes) is 10. The summed E-state index contributed by atoms with van der Waals surface area (Å²) in [6.45, 7) is 9.60. The highest BCUT2D eigenvalue weighted by atomic mass is 16.5. The number of ether oxygens (including phenoxy) is 1. The molecule has 4 rings (SSSR count). The maximum atomic E-state index is 12.9. The summed E-state index contributed by atoms with van der Waals surface area (Å²) >= 11 is 0. The van der Waals surface area contributed by atoms with Gasteiger partial charge in [-0.05, 0) is 80.1 Å². The smallest absolute Gasteiger partial charge is 0.306 e. The first kappa shape index (κ1) is 28.9. The minimum absolute atomic E-state index is 0.0466. The Bertz CT molecular complexity index is 799. The first-order valence-corrected chi connectivity index (χ1v) is 16.3. The van der Waals surface area contributed by atoms with Crippen LogP contribution in [0, 0.1) is 40.9 Å². The van der Waals surface area contributed by atoms with Crippen LogP contribution < -0.4 is 0 Å². The molecule has 0 N–H and O–H groups in total. The molecule has 0 aromatic rings. The molecular formula is C34H56O3. The zero-order valence-corrected chi connectivity index (χ0v) is 24.6. The maximum absolute atomic E-state index is 12.9. The fourth-order valence-corrected chi connectivity index (χ4v) is 9.43. The van der Waals surface area contributed by atoms with Crippen LogP contribution in [0.5, 0.6) is 0 Å².